The van der Waals surface area contributed by atoms with Crippen molar-refractivity contribution in [2.75, 3.05) is 31.1 Å². The summed E-state index contributed by atoms with van der Waals surface area (Å²) in [6.45, 7) is 3.45. The summed E-state index contributed by atoms with van der Waals surface area (Å²) in [6, 6.07) is 3.70. The zero-order valence-corrected chi connectivity index (χ0v) is 16.8. The van der Waals surface area contributed by atoms with Gasteiger partial charge in [-0.2, -0.15) is 9.78 Å². The van der Waals surface area contributed by atoms with E-state index >= 15 is 0 Å². The molecule has 1 aliphatic heterocycles. The van der Waals surface area contributed by atoms with Crippen LogP contribution in [0, 0.1) is 23.5 Å². The quantitative estimate of drug-likeness (QED) is 0.762. The molecule has 3 unspecified atom stereocenters. The Kier molecular flexibility index (Phi) is 4.82. The van der Waals surface area contributed by atoms with Crippen molar-refractivity contribution in [2.45, 2.75) is 31.7 Å². The number of aromatic nitrogens is 2. The van der Waals surface area contributed by atoms with Crippen molar-refractivity contribution in [2.24, 2.45) is 11.8 Å². The van der Waals surface area contributed by atoms with Gasteiger partial charge >= 0.3 is 0 Å². The van der Waals surface area contributed by atoms with Crippen LogP contribution in [0.15, 0.2) is 29.2 Å². The molecule has 3 aliphatic rings. The summed E-state index contributed by atoms with van der Waals surface area (Å²) in [4.78, 5) is 17.4. The van der Waals surface area contributed by atoms with Crippen LogP contribution in [0.4, 0.5) is 14.5 Å². The molecule has 2 aromatic rings. The first kappa shape index (κ1) is 19.0. The summed E-state index contributed by atoms with van der Waals surface area (Å²) in [5.74, 6) is 0.200. The van der Waals surface area contributed by atoms with Gasteiger partial charge in [-0.3, -0.25) is 9.69 Å². The van der Waals surface area contributed by atoms with E-state index in [1.165, 1.54) is 37.9 Å². The Balaban J connectivity index is 1.33. The van der Waals surface area contributed by atoms with Crippen molar-refractivity contribution in [3.63, 3.8) is 0 Å². The molecule has 2 bridgehead atoms. The van der Waals surface area contributed by atoms with Gasteiger partial charge in [-0.15, -0.1) is 0 Å². The van der Waals surface area contributed by atoms with E-state index in [0.717, 1.165) is 54.8 Å². The Hall–Kier alpha value is -1.99. The monoisotopic (exact) mass is 420 g/mol. The van der Waals surface area contributed by atoms with Crippen molar-refractivity contribution < 1.29 is 8.78 Å². The fraction of sp³-hybridized carbons (Fsp3) is 0.524. The van der Waals surface area contributed by atoms with Crippen molar-refractivity contribution in [3.05, 3.63) is 51.4 Å². The maximum Gasteiger partial charge on any atom is 0.292 e. The lowest BCUT2D eigenvalue weighted by molar-refractivity contribution is 0.135. The summed E-state index contributed by atoms with van der Waals surface area (Å²) in [6.07, 6.45) is 6.97. The lowest BCUT2D eigenvalue weighted by Crippen LogP contribution is -2.52. The predicted molar refractivity (Wildman–Crippen MR) is 108 cm³/mol. The van der Waals surface area contributed by atoms with Gasteiger partial charge < -0.3 is 4.90 Å². The maximum absolute atomic E-state index is 14.1. The van der Waals surface area contributed by atoms with E-state index in [1.807, 2.05) is 0 Å². The minimum absolute atomic E-state index is 0.0112. The molecule has 0 N–H and O–H groups in total. The summed E-state index contributed by atoms with van der Waals surface area (Å²) in [7, 11) is 0. The summed E-state index contributed by atoms with van der Waals surface area (Å²) < 4.78 is 28.1. The van der Waals surface area contributed by atoms with Crippen molar-refractivity contribution >= 4 is 17.3 Å². The second kappa shape index (κ2) is 7.36. The Bertz CT molecular complexity index is 989. The van der Waals surface area contributed by atoms with Gasteiger partial charge in [0.1, 0.15) is 16.5 Å². The van der Waals surface area contributed by atoms with Gasteiger partial charge in [-0.1, -0.05) is 18.0 Å². The van der Waals surface area contributed by atoms with E-state index in [0.29, 0.717) is 11.7 Å². The third kappa shape index (κ3) is 3.34. The largest absolute Gasteiger partial charge is 0.366 e. The Morgan fingerprint density at radius 2 is 1.83 bits per heavy atom. The lowest BCUT2D eigenvalue weighted by atomic mass is 9.93. The van der Waals surface area contributed by atoms with Gasteiger partial charge in [0.05, 0.1) is 11.9 Å². The van der Waals surface area contributed by atoms with E-state index in [4.69, 9.17) is 11.6 Å². The summed E-state index contributed by atoms with van der Waals surface area (Å²) in [5, 5.41) is 4.12. The molecule has 0 radical (unpaired) electrons. The van der Waals surface area contributed by atoms with E-state index in [2.05, 4.69) is 14.9 Å². The van der Waals surface area contributed by atoms with Crippen LogP contribution in [-0.2, 0) is 0 Å². The highest BCUT2D eigenvalue weighted by atomic mass is 35.5. The molecule has 1 aromatic carbocycles. The van der Waals surface area contributed by atoms with Crippen LogP contribution < -0.4 is 10.5 Å². The third-order valence-corrected chi connectivity index (χ3v) is 7.22. The topological polar surface area (TPSA) is 41.4 Å². The van der Waals surface area contributed by atoms with Gasteiger partial charge in [-0.05, 0) is 43.2 Å². The number of fused-ring (bicyclic) bond motifs is 2. The molecule has 154 valence electrons. The molecule has 3 atom stereocenters. The molecule has 2 heterocycles. The average Bonchev–Trinajstić information content (AvgIpc) is 3.35. The summed E-state index contributed by atoms with van der Waals surface area (Å²) in [5.41, 5.74) is -0.154. The SMILES string of the molecule is O=c1c(Cl)c(N2CCN(C3CC4CCC3C4)CC2)cnn1-c1ccc(F)cc1F. The third-order valence-electron chi connectivity index (χ3n) is 6.86. The van der Waals surface area contributed by atoms with E-state index in [9.17, 15) is 13.6 Å². The number of benzene rings is 1. The van der Waals surface area contributed by atoms with Crippen molar-refractivity contribution in [1.82, 2.24) is 14.7 Å². The first-order valence-electron chi connectivity index (χ1n) is 10.2. The molecule has 29 heavy (non-hydrogen) atoms. The van der Waals surface area contributed by atoms with E-state index in [-0.39, 0.29) is 10.7 Å². The molecule has 5 nitrogen and oxygen atoms in total. The minimum atomic E-state index is -0.858. The van der Waals surface area contributed by atoms with Crippen LogP contribution in [0.25, 0.3) is 5.69 Å². The van der Waals surface area contributed by atoms with Crippen LogP contribution >= 0.6 is 11.6 Å². The number of anilines is 1. The van der Waals surface area contributed by atoms with Crippen LogP contribution in [0.1, 0.15) is 25.7 Å². The maximum atomic E-state index is 14.1. The van der Waals surface area contributed by atoms with E-state index in [1.54, 1.807) is 0 Å². The molecular weight excluding hydrogens is 398 g/mol. The van der Waals surface area contributed by atoms with Gasteiger partial charge in [0.2, 0.25) is 0 Å². The number of rotatable bonds is 3. The van der Waals surface area contributed by atoms with Crippen molar-refractivity contribution in [3.8, 4) is 5.69 Å². The highest BCUT2D eigenvalue weighted by Crippen LogP contribution is 2.46. The second-order valence-electron chi connectivity index (χ2n) is 8.42. The molecule has 2 saturated carbocycles. The van der Waals surface area contributed by atoms with Crippen LogP contribution in [0.5, 0.6) is 0 Å². The Morgan fingerprint density at radius 1 is 1.03 bits per heavy atom. The molecule has 1 saturated heterocycles. The molecular formula is C21H23ClF2N4O. The van der Waals surface area contributed by atoms with E-state index < -0.39 is 17.2 Å². The molecule has 1 aromatic heterocycles. The van der Waals surface area contributed by atoms with Gasteiger partial charge in [0.15, 0.2) is 5.82 Å². The van der Waals surface area contributed by atoms with Crippen LogP contribution in [0.2, 0.25) is 5.02 Å². The van der Waals surface area contributed by atoms with Crippen LogP contribution in [-0.4, -0.2) is 46.9 Å². The molecule has 2 aliphatic carbocycles. The van der Waals surface area contributed by atoms with Gasteiger partial charge in [0, 0.05) is 38.3 Å². The highest BCUT2D eigenvalue weighted by Gasteiger charge is 2.42. The first-order chi connectivity index (χ1) is 14.0. The number of hydrogen-bond donors (Lipinski definition) is 0. The average molecular weight is 421 g/mol. The van der Waals surface area contributed by atoms with Crippen LogP contribution in [0.3, 0.4) is 0 Å². The zero-order chi connectivity index (χ0) is 20.1. The lowest BCUT2D eigenvalue weighted by Gasteiger charge is -2.41. The van der Waals surface area contributed by atoms with Crippen molar-refractivity contribution in [1.29, 1.82) is 0 Å². The van der Waals surface area contributed by atoms with Gasteiger partial charge in [0.25, 0.3) is 5.56 Å². The molecule has 0 spiro atoms. The normalized spacial score (nSPS) is 27.0. The fourth-order valence-electron chi connectivity index (χ4n) is 5.42. The molecule has 3 fully saturated rings. The predicted octanol–water partition coefficient (Wildman–Crippen LogP) is 3.47. The first-order valence-corrected chi connectivity index (χ1v) is 10.6. The molecule has 8 heteroatoms. The zero-order valence-electron chi connectivity index (χ0n) is 16.0. The number of piperazine rings is 1. The second-order valence-corrected chi connectivity index (χ2v) is 8.80. The highest BCUT2D eigenvalue weighted by molar-refractivity contribution is 6.33. The molecule has 0 amide bonds. The smallest absolute Gasteiger partial charge is 0.292 e. The number of nitrogens with zero attached hydrogens (tertiary/aromatic N) is 4. The fourth-order valence-corrected chi connectivity index (χ4v) is 5.67. The number of halogens is 3. The summed E-state index contributed by atoms with van der Waals surface area (Å²) >= 11 is 6.36. The Labute approximate surface area is 172 Å². The minimum Gasteiger partial charge on any atom is -0.366 e. The number of hydrogen-bond acceptors (Lipinski definition) is 4. The Morgan fingerprint density at radius 3 is 2.48 bits per heavy atom. The van der Waals surface area contributed by atoms with Gasteiger partial charge in [-0.25, -0.2) is 8.78 Å². The molecule has 5 rings (SSSR count). The standard InChI is InChI=1S/C21H23ClF2N4O/c22-20-19(12-25-28(21(20)29)17-4-3-15(23)11-16(17)24)27-7-5-26(6-8-27)18-10-13-1-2-14(18)9-13/h3-4,11-14,18H,1-2,5-10H2.